The standard InChI is InChI=1S/C12H12N2O4/c1-8(12(15)16)17-7-10-13-11(18-14-10)9-5-3-2-4-6-9/h2-6,8H,7H2,1H3,(H,15,16)/t8-/m1/s1. The number of hydrogen-bond donors (Lipinski definition) is 1. The molecule has 18 heavy (non-hydrogen) atoms. The van der Waals surface area contributed by atoms with Crippen LogP contribution in [0.25, 0.3) is 11.5 Å². The van der Waals surface area contributed by atoms with E-state index in [1.54, 1.807) is 0 Å². The predicted octanol–water partition coefficient (Wildman–Crippen LogP) is 1.73. The van der Waals surface area contributed by atoms with Gasteiger partial charge in [0.1, 0.15) is 6.61 Å². The molecule has 1 heterocycles. The van der Waals surface area contributed by atoms with Crippen molar-refractivity contribution in [1.82, 2.24) is 10.1 Å². The molecule has 2 rings (SSSR count). The minimum atomic E-state index is -1.03. The zero-order valence-electron chi connectivity index (χ0n) is 9.74. The number of carboxylic acids is 1. The van der Waals surface area contributed by atoms with E-state index in [1.807, 2.05) is 30.3 Å². The third kappa shape index (κ3) is 2.92. The maximum absolute atomic E-state index is 10.6. The summed E-state index contributed by atoms with van der Waals surface area (Å²) < 4.78 is 10.1. The van der Waals surface area contributed by atoms with Crippen LogP contribution in [0.4, 0.5) is 0 Å². The summed E-state index contributed by atoms with van der Waals surface area (Å²) in [6.45, 7) is 1.45. The third-order valence-corrected chi connectivity index (χ3v) is 2.30. The molecule has 1 N–H and O–H groups in total. The van der Waals surface area contributed by atoms with Gasteiger partial charge in [0.2, 0.25) is 0 Å². The molecule has 2 aromatic rings. The highest BCUT2D eigenvalue weighted by molar-refractivity contribution is 5.71. The van der Waals surface area contributed by atoms with Gasteiger partial charge in [-0.15, -0.1) is 0 Å². The average Bonchev–Trinajstić information content (AvgIpc) is 2.85. The quantitative estimate of drug-likeness (QED) is 0.867. The number of nitrogens with zero attached hydrogens (tertiary/aromatic N) is 2. The molecular formula is C12H12N2O4. The van der Waals surface area contributed by atoms with E-state index >= 15 is 0 Å². The average molecular weight is 248 g/mol. The first kappa shape index (κ1) is 12.3. The van der Waals surface area contributed by atoms with Crippen LogP contribution in [0.15, 0.2) is 34.9 Å². The van der Waals surface area contributed by atoms with Gasteiger partial charge < -0.3 is 14.4 Å². The van der Waals surface area contributed by atoms with Crippen LogP contribution in [0.1, 0.15) is 12.7 Å². The Balaban J connectivity index is 2.01. The Labute approximate surface area is 103 Å². The zero-order valence-corrected chi connectivity index (χ0v) is 9.74. The minimum absolute atomic E-state index is 0.00377. The van der Waals surface area contributed by atoms with Crippen molar-refractivity contribution in [2.24, 2.45) is 0 Å². The minimum Gasteiger partial charge on any atom is -0.479 e. The number of rotatable bonds is 5. The molecule has 1 atom stereocenters. The first-order valence-electron chi connectivity index (χ1n) is 5.39. The van der Waals surface area contributed by atoms with Gasteiger partial charge in [-0.3, -0.25) is 0 Å². The lowest BCUT2D eigenvalue weighted by Gasteiger charge is -2.04. The van der Waals surface area contributed by atoms with E-state index in [0.29, 0.717) is 11.7 Å². The molecule has 0 aliphatic rings. The lowest BCUT2D eigenvalue weighted by Crippen LogP contribution is -2.19. The highest BCUT2D eigenvalue weighted by Crippen LogP contribution is 2.16. The van der Waals surface area contributed by atoms with Crippen molar-refractivity contribution in [2.75, 3.05) is 0 Å². The molecular weight excluding hydrogens is 236 g/mol. The first-order chi connectivity index (χ1) is 8.66. The fourth-order valence-corrected chi connectivity index (χ4v) is 1.28. The number of benzene rings is 1. The Morgan fingerprint density at radius 1 is 1.44 bits per heavy atom. The molecule has 0 fully saturated rings. The smallest absolute Gasteiger partial charge is 0.332 e. The molecule has 0 saturated heterocycles. The van der Waals surface area contributed by atoms with Gasteiger partial charge in [-0.05, 0) is 19.1 Å². The Bertz CT molecular complexity index is 524. The van der Waals surface area contributed by atoms with Gasteiger partial charge in [-0.2, -0.15) is 4.98 Å². The molecule has 0 bridgehead atoms. The number of hydrogen-bond acceptors (Lipinski definition) is 5. The van der Waals surface area contributed by atoms with Gasteiger partial charge in [-0.25, -0.2) is 4.79 Å². The topological polar surface area (TPSA) is 85.5 Å². The van der Waals surface area contributed by atoms with E-state index < -0.39 is 12.1 Å². The largest absolute Gasteiger partial charge is 0.479 e. The lowest BCUT2D eigenvalue weighted by atomic mass is 10.2. The second-order valence-corrected chi connectivity index (χ2v) is 3.67. The molecule has 0 aliphatic heterocycles. The van der Waals surface area contributed by atoms with Crippen LogP contribution in [0, 0.1) is 0 Å². The fraction of sp³-hybridized carbons (Fsp3) is 0.250. The maximum Gasteiger partial charge on any atom is 0.332 e. The molecule has 6 nitrogen and oxygen atoms in total. The van der Waals surface area contributed by atoms with E-state index in [2.05, 4.69) is 10.1 Å². The Hall–Kier alpha value is -2.21. The van der Waals surface area contributed by atoms with Crippen molar-refractivity contribution in [3.63, 3.8) is 0 Å². The summed E-state index contributed by atoms with van der Waals surface area (Å²) in [5.74, 6) is -0.319. The highest BCUT2D eigenvalue weighted by atomic mass is 16.5. The third-order valence-electron chi connectivity index (χ3n) is 2.30. The normalized spacial score (nSPS) is 12.3. The summed E-state index contributed by atoms with van der Waals surface area (Å²) in [4.78, 5) is 14.7. The van der Waals surface area contributed by atoms with E-state index in [9.17, 15) is 4.79 Å². The summed E-state index contributed by atoms with van der Waals surface area (Å²) >= 11 is 0. The summed E-state index contributed by atoms with van der Waals surface area (Å²) in [5, 5.41) is 12.4. The van der Waals surface area contributed by atoms with Crippen LogP contribution in [0.5, 0.6) is 0 Å². The first-order valence-corrected chi connectivity index (χ1v) is 5.39. The zero-order chi connectivity index (χ0) is 13.0. The summed E-state index contributed by atoms with van der Waals surface area (Å²) in [5.41, 5.74) is 0.808. The number of ether oxygens (including phenoxy) is 1. The van der Waals surface area contributed by atoms with Gasteiger partial charge in [-0.1, -0.05) is 23.4 Å². The second kappa shape index (κ2) is 5.42. The Morgan fingerprint density at radius 2 is 2.17 bits per heavy atom. The molecule has 6 heteroatoms. The molecule has 94 valence electrons. The van der Waals surface area contributed by atoms with Gasteiger partial charge in [0.05, 0.1) is 0 Å². The van der Waals surface area contributed by atoms with Crippen LogP contribution in [-0.2, 0) is 16.1 Å². The molecule has 0 saturated carbocycles. The molecule has 1 aromatic carbocycles. The van der Waals surface area contributed by atoms with Crippen molar-refractivity contribution in [1.29, 1.82) is 0 Å². The van der Waals surface area contributed by atoms with Crippen LogP contribution in [-0.4, -0.2) is 27.3 Å². The van der Waals surface area contributed by atoms with Crippen LogP contribution in [0.2, 0.25) is 0 Å². The summed E-state index contributed by atoms with van der Waals surface area (Å²) in [6.07, 6.45) is -0.899. The van der Waals surface area contributed by atoms with Crippen LogP contribution in [0.3, 0.4) is 0 Å². The van der Waals surface area contributed by atoms with Gasteiger partial charge >= 0.3 is 5.97 Å². The highest BCUT2D eigenvalue weighted by Gasteiger charge is 2.14. The van der Waals surface area contributed by atoms with Crippen molar-refractivity contribution < 1.29 is 19.2 Å². The van der Waals surface area contributed by atoms with E-state index in [0.717, 1.165) is 5.56 Å². The number of carbonyl (C=O) groups is 1. The van der Waals surface area contributed by atoms with Crippen molar-refractivity contribution in [3.8, 4) is 11.5 Å². The van der Waals surface area contributed by atoms with Crippen molar-refractivity contribution in [3.05, 3.63) is 36.2 Å². The second-order valence-electron chi connectivity index (χ2n) is 3.67. The molecule has 0 radical (unpaired) electrons. The van der Waals surface area contributed by atoms with Crippen LogP contribution < -0.4 is 0 Å². The monoisotopic (exact) mass is 248 g/mol. The lowest BCUT2D eigenvalue weighted by molar-refractivity contribution is -0.150. The Kier molecular flexibility index (Phi) is 3.69. The maximum atomic E-state index is 10.6. The Morgan fingerprint density at radius 3 is 2.83 bits per heavy atom. The molecule has 0 spiro atoms. The van der Waals surface area contributed by atoms with E-state index in [4.69, 9.17) is 14.4 Å². The SMILES string of the molecule is C[C@@H](OCc1noc(-c2ccccc2)n1)C(=O)O. The summed E-state index contributed by atoms with van der Waals surface area (Å²) in [7, 11) is 0. The number of aromatic nitrogens is 2. The molecule has 0 amide bonds. The molecule has 1 aromatic heterocycles. The van der Waals surface area contributed by atoms with Crippen molar-refractivity contribution >= 4 is 5.97 Å². The number of carboxylic acid groups (broad SMARTS) is 1. The fourth-order valence-electron chi connectivity index (χ4n) is 1.28. The van der Waals surface area contributed by atoms with Gasteiger partial charge in [0.25, 0.3) is 5.89 Å². The van der Waals surface area contributed by atoms with Crippen molar-refractivity contribution in [2.45, 2.75) is 19.6 Å². The van der Waals surface area contributed by atoms with E-state index in [1.165, 1.54) is 6.92 Å². The summed E-state index contributed by atoms with van der Waals surface area (Å²) in [6, 6.07) is 9.30. The van der Waals surface area contributed by atoms with Crippen LogP contribution >= 0.6 is 0 Å². The predicted molar refractivity (Wildman–Crippen MR) is 61.6 cm³/mol. The molecule has 0 unspecified atom stereocenters. The number of aliphatic carboxylic acids is 1. The van der Waals surface area contributed by atoms with Gasteiger partial charge in [0, 0.05) is 5.56 Å². The molecule has 0 aliphatic carbocycles. The van der Waals surface area contributed by atoms with Gasteiger partial charge in [0.15, 0.2) is 11.9 Å². The van der Waals surface area contributed by atoms with E-state index in [-0.39, 0.29) is 6.61 Å².